The molecule has 0 aliphatic carbocycles. The highest BCUT2D eigenvalue weighted by molar-refractivity contribution is 6.21. The maximum absolute atomic E-state index is 2.40. The van der Waals surface area contributed by atoms with Crippen LogP contribution in [0.4, 0.5) is 0 Å². The van der Waals surface area contributed by atoms with Gasteiger partial charge in [0.05, 0.1) is 11.0 Å². The van der Waals surface area contributed by atoms with Crippen molar-refractivity contribution in [3.63, 3.8) is 0 Å². The molecule has 0 aliphatic heterocycles. The van der Waals surface area contributed by atoms with Crippen molar-refractivity contribution < 1.29 is 0 Å². The van der Waals surface area contributed by atoms with Gasteiger partial charge in [0, 0.05) is 16.5 Å². The highest BCUT2D eigenvalue weighted by Crippen LogP contribution is 2.44. The average molecular weight is 526 g/mol. The molecule has 0 bridgehead atoms. The Morgan fingerprint density at radius 1 is 0.341 bits per heavy atom. The lowest BCUT2D eigenvalue weighted by Gasteiger charge is -2.18. The lowest BCUT2D eigenvalue weighted by Crippen LogP contribution is -1.95. The van der Waals surface area contributed by atoms with Gasteiger partial charge < -0.3 is 4.57 Å². The largest absolute Gasteiger partial charge is 0.309 e. The lowest BCUT2D eigenvalue weighted by atomic mass is 9.86. The smallest absolute Gasteiger partial charge is 0.0541 e. The lowest BCUT2D eigenvalue weighted by molar-refractivity contribution is 1.18. The van der Waals surface area contributed by atoms with Gasteiger partial charge in [0.25, 0.3) is 0 Å². The van der Waals surface area contributed by atoms with Crippen molar-refractivity contribution >= 4 is 43.4 Å². The summed E-state index contributed by atoms with van der Waals surface area (Å²) in [5, 5.41) is 7.66. The minimum absolute atomic E-state index is 1.17. The van der Waals surface area contributed by atoms with Gasteiger partial charge in [-0.3, -0.25) is 0 Å². The zero-order valence-electron chi connectivity index (χ0n) is 23.4. The summed E-state index contributed by atoms with van der Waals surface area (Å²) < 4.78 is 2.40. The summed E-state index contributed by atoms with van der Waals surface area (Å²) in [6, 6.07) is 54.9. The van der Waals surface area contributed by atoms with E-state index in [2.05, 4.69) is 156 Å². The van der Waals surface area contributed by atoms with Crippen molar-refractivity contribution in [2.24, 2.45) is 0 Å². The molecule has 196 valence electrons. The van der Waals surface area contributed by atoms with Crippen molar-refractivity contribution in [2.75, 3.05) is 0 Å². The summed E-state index contributed by atoms with van der Waals surface area (Å²) in [6.45, 7) is 4.00. The second-order valence-electron chi connectivity index (χ2n) is 10.1. The second-order valence-corrected chi connectivity index (χ2v) is 10.1. The summed E-state index contributed by atoms with van der Waals surface area (Å²) in [5.74, 6) is 0. The van der Waals surface area contributed by atoms with Crippen LogP contribution in [0.2, 0.25) is 0 Å². The first-order chi connectivity index (χ1) is 20.4. The number of para-hydroxylation sites is 2. The third-order valence-corrected chi connectivity index (χ3v) is 7.97. The van der Waals surface area contributed by atoms with Crippen molar-refractivity contribution in [1.82, 2.24) is 4.57 Å². The summed E-state index contributed by atoms with van der Waals surface area (Å²) in [5.41, 5.74) is 8.67. The van der Waals surface area contributed by atoms with E-state index in [4.69, 9.17) is 0 Å². The highest BCUT2D eigenvalue weighted by atomic mass is 15.0. The average Bonchev–Trinajstić information content (AvgIpc) is 3.39. The molecule has 1 aromatic heterocycles. The summed E-state index contributed by atoms with van der Waals surface area (Å²) in [4.78, 5) is 0. The van der Waals surface area contributed by atoms with E-state index in [9.17, 15) is 0 Å². The maximum atomic E-state index is 2.40. The van der Waals surface area contributed by atoms with Gasteiger partial charge in [0.15, 0.2) is 0 Å². The number of aromatic nitrogens is 1. The molecule has 1 heteroatoms. The van der Waals surface area contributed by atoms with E-state index in [1.165, 1.54) is 71.3 Å². The monoisotopic (exact) mass is 525 g/mol. The number of hydrogen-bond acceptors (Lipinski definition) is 0. The fourth-order valence-electron chi connectivity index (χ4n) is 6.36. The van der Waals surface area contributed by atoms with Gasteiger partial charge in [0.1, 0.15) is 0 Å². The molecule has 0 spiro atoms. The van der Waals surface area contributed by atoms with Gasteiger partial charge in [-0.2, -0.15) is 0 Å². The zero-order valence-corrected chi connectivity index (χ0v) is 23.4. The molecule has 7 aromatic carbocycles. The van der Waals surface area contributed by atoms with Crippen LogP contribution in [0, 0.1) is 0 Å². The van der Waals surface area contributed by atoms with Crippen LogP contribution in [0.3, 0.4) is 0 Å². The number of fused-ring (bicyclic) bond motifs is 5. The maximum Gasteiger partial charge on any atom is 0.0541 e. The first-order valence-electron chi connectivity index (χ1n) is 14.5. The van der Waals surface area contributed by atoms with Crippen molar-refractivity contribution in [2.45, 2.75) is 13.8 Å². The molecule has 8 rings (SSSR count). The molecule has 0 radical (unpaired) electrons. The third kappa shape index (κ3) is 4.01. The normalized spacial score (nSPS) is 11.2. The molecule has 1 nitrogen and oxygen atoms in total. The highest BCUT2D eigenvalue weighted by Gasteiger charge is 2.17. The Hall–Kier alpha value is -5.14. The fourth-order valence-corrected chi connectivity index (χ4v) is 6.36. The number of rotatable bonds is 3. The molecule has 0 fully saturated rings. The quantitative estimate of drug-likeness (QED) is 0.202. The summed E-state index contributed by atoms with van der Waals surface area (Å²) in [6.07, 6.45) is 0. The molecule has 0 amide bonds. The Morgan fingerprint density at radius 2 is 0.732 bits per heavy atom. The second kappa shape index (κ2) is 10.4. The van der Waals surface area contributed by atoms with Crippen LogP contribution in [0.1, 0.15) is 13.8 Å². The predicted octanol–water partition coefficient (Wildman–Crippen LogP) is 11.5. The van der Waals surface area contributed by atoms with E-state index in [1.54, 1.807) is 0 Å². The van der Waals surface area contributed by atoms with Gasteiger partial charge in [-0.25, -0.2) is 0 Å². The molecule has 0 unspecified atom stereocenters. The van der Waals surface area contributed by atoms with Gasteiger partial charge in [-0.05, 0) is 68.1 Å². The predicted molar refractivity (Wildman–Crippen MR) is 178 cm³/mol. The minimum atomic E-state index is 1.17. The molecular formula is C40H31N. The topological polar surface area (TPSA) is 4.93 Å². The first kappa shape index (κ1) is 24.9. The molecule has 0 aliphatic rings. The van der Waals surface area contributed by atoms with Gasteiger partial charge in [0.2, 0.25) is 0 Å². The van der Waals surface area contributed by atoms with Crippen molar-refractivity contribution in [3.05, 3.63) is 152 Å². The van der Waals surface area contributed by atoms with Crippen LogP contribution in [-0.4, -0.2) is 4.57 Å². The molecule has 1 heterocycles. The molecule has 8 aromatic rings. The van der Waals surface area contributed by atoms with Crippen molar-refractivity contribution in [1.29, 1.82) is 0 Å². The Balaban J connectivity index is 0.00000135. The van der Waals surface area contributed by atoms with E-state index in [1.807, 2.05) is 13.8 Å². The number of nitrogens with zero attached hydrogens (tertiary/aromatic N) is 1. The van der Waals surface area contributed by atoms with Crippen LogP contribution < -0.4 is 0 Å². The number of benzene rings is 7. The van der Waals surface area contributed by atoms with Crippen LogP contribution in [0.5, 0.6) is 0 Å². The van der Waals surface area contributed by atoms with E-state index < -0.39 is 0 Å². The Kier molecular flexibility index (Phi) is 6.34. The summed E-state index contributed by atoms with van der Waals surface area (Å²) in [7, 11) is 0. The van der Waals surface area contributed by atoms with Crippen LogP contribution in [0.15, 0.2) is 152 Å². The molecule has 0 saturated heterocycles. The van der Waals surface area contributed by atoms with E-state index >= 15 is 0 Å². The summed E-state index contributed by atoms with van der Waals surface area (Å²) >= 11 is 0. The van der Waals surface area contributed by atoms with E-state index in [-0.39, 0.29) is 0 Å². The van der Waals surface area contributed by atoms with E-state index in [0.29, 0.717) is 0 Å². The first-order valence-corrected chi connectivity index (χ1v) is 14.5. The Bertz CT molecular complexity index is 2060. The standard InChI is InChI=1S/C38H25N.C2H6/c1-2-13-26(14-3-1)37-31-19-4-6-21-33(31)38(34-22-7-5-20-32(34)37)27-15-12-16-28(25-27)39-35-23-10-8-17-29(35)30-18-9-11-24-36(30)39;1-2/h1-25H;1-2H3. The third-order valence-electron chi connectivity index (χ3n) is 7.97. The number of hydrogen-bond donors (Lipinski definition) is 0. The molecular weight excluding hydrogens is 494 g/mol. The minimum Gasteiger partial charge on any atom is -0.309 e. The Labute approximate surface area is 240 Å². The molecule has 0 N–H and O–H groups in total. The molecule has 0 atom stereocenters. The van der Waals surface area contributed by atoms with E-state index in [0.717, 1.165) is 0 Å². The van der Waals surface area contributed by atoms with Gasteiger partial charge in [-0.1, -0.05) is 141 Å². The van der Waals surface area contributed by atoms with Crippen LogP contribution in [0.25, 0.3) is 71.3 Å². The Morgan fingerprint density at radius 3 is 1.24 bits per heavy atom. The SMILES string of the molecule is CC.c1ccc(-c2c3ccccc3c(-c3cccc(-n4c5ccccc5c5ccccc54)c3)c3ccccc23)cc1. The van der Waals surface area contributed by atoms with Gasteiger partial charge >= 0.3 is 0 Å². The van der Waals surface area contributed by atoms with Crippen LogP contribution in [-0.2, 0) is 0 Å². The molecule has 41 heavy (non-hydrogen) atoms. The van der Waals surface area contributed by atoms with Gasteiger partial charge in [-0.15, -0.1) is 0 Å². The van der Waals surface area contributed by atoms with Crippen molar-refractivity contribution in [3.8, 4) is 27.9 Å². The zero-order chi connectivity index (χ0) is 27.8. The molecule has 0 saturated carbocycles. The fraction of sp³-hybridized carbons (Fsp3) is 0.0500. The van der Waals surface area contributed by atoms with Crippen LogP contribution >= 0.6 is 0 Å².